The number of likely N-dealkylation sites (N-methyl/N-ethyl adjacent to an activating group) is 1. The van der Waals surface area contributed by atoms with Gasteiger partial charge in [0, 0.05) is 65.2 Å². The molecule has 0 radical (unpaired) electrons. The van der Waals surface area contributed by atoms with E-state index in [1.165, 1.54) is 141 Å². The van der Waals surface area contributed by atoms with E-state index in [1.54, 1.807) is 0 Å². The number of rotatable bonds is 56. The van der Waals surface area contributed by atoms with Gasteiger partial charge in [0.2, 0.25) is 0 Å². The molecule has 74 heavy (non-hydrogen) atoms. The molecule has 0 aliphatic heterocycles. The molecule has 2 amide bonds. The van der Waals surface area contributed by atoms with Gasteiger partial charge < -0.3 is 33.6 Å². The van der Waals surface area contributed by atoms with Gasteiger partial charge in [0.15, 0.2) is 0 Å². The largest absolute Gasteiger partial charge is 0.466 e. The van der Waals surface area contributed by atoms with E-state index in [1.807, 2.05) is 9.80 Å². The molecule has 438 valence electrons. The molecule has 12 heteroatoms. The van der Waals surface area contributed by atoms with Gasteiger partial charge in [0.25, 0.3) is 0 Å². The van der Waals surface area contributed by atoms with Crippen LogP contribution >= 0.6 is 0 Å². The third-order valence-electron chi connectivity index (χ3n) is 14.8. The molecule has 12 nitrogen and oxygen atoms in total. The number of esters is 2. The summed E-state index contributed by atoms with van der Waals surface area (Å²) in [7, 11) is 0. The Morgan fingerprint density at radius 1 is 0.311 bits per heavy atom. The van der Waals surface area contributed by atoms with Crippen molar-refractivity contribution in [3.05, 3.63) is 0 Å². The molecule has 0 heterocycles. The lowest BCUT2D eigenvalue weighted by Crippen LogP contribution is -2.41. The third kappa shape index (κ3) is 45.6. The maximum Gasteiger partial charge on any atom is 0.409 e. The molecular formula is C62H122N4O8. The monoisotopic (exact) mass is 1050 g/mol. The zero-order valence-electron chi connectivity index (χ0n) is 50.0. The molecule has 0 aromatic carbocycles. The first kappa shape index (κ1) is 71.4. The Balaban J connectivity index is 5.46. The molecule has 0 aromatic rings. The second-order valence-corrected chi connectivity index (χ2v) is 21.5. The van der Waals surface area contributed by atoms with E-state index in [9.17, 15) is 19.2 Å². The first-order valence-corrected chi connectivity index (χ1v) is 31.8. The topological polar surface area (TPSA) is 118 Å². The molecule has 0 bridgehead atoms. The zero-order chi connectivity index (χ0) is 54.4. The predicted octanol–water partition coefficient (Wildman–Crippen LogP) is 16.4. The highest BCUT2D eigenvalue weighted by Crippen LogP contribution is 2.20. The highest BCUT2D eigenvalue weighted by Gasteiger charge is 2.19. The summed E-state index contributed by atoms with van der Waals surface area (Å²) in [6, 6.07) is 0. The van der Waals surface area contributed by atoms with Gasteiger partial charge in [-0.05, 0) is 76.8 Å². The zero-order valence-corrected chi connectivity index (χ0v) is 50.0. The molecule has 0 saturated carbocycles. The minimum atomic E-state index is -0.302. The van der Waals surface area contributed by atoms with Gasteiger partial charge in [-0.3, -0.25) is 14.5 Å². The standard InChI is InChI=1S/C62H122N4O8/c1-8-15-20-25-28-29-31-38-47-66(49-40-36-45-60(68)74-57-58(42-33-23-18-11-4)43-34-24-19-12-5)62(70)73-56-53-64(51-50-63(13-6)14-7)52-55-72-61(69)65(46-37-30-26-21-16-9-2)48-39-35-44-59(67)71-54-41-32-27-22-17-10-3/h58H,8-57H2,1-7H3. The van der Waals surface area contributed by atoms with Gasteiger partial charge >= 0.3 is 24.1 Å². The number of ether oxygens (including phenoxy) is 4. The Hall–Kier alpha value is -2.60. The lowest BCUT2D eigenvalue weighted by molar-refractivity contribution is -0.145. The summed E-state index contributed by atoms with van der Waals surface area (Å²) in [5, 5.41) is 0. The van der Waals surface area contributed by atoms with E-state index in [-0.39, 0.29) is 37.3 Å². The molecule has 0 atom stereocenters. The van der Waals surface area contributed by atoms with Gasteiger partial charge in [-0.1, -0.05) is 209 Å². The van der Waals surface area contributed by atoms with Crippen molar-refractivity contribution in [3.63, 3.8) is 0 Å². The first-order valence-electron chi connectivity index (χ1n) is 31.8. The average molecular weight is 1050 g/mol. The van der Waals surface area contributed by atoms with Crippen LogP contribution in [0.15, 0.2) is 0 Å². The van der Waals surface area contributed by atoms with Crippen molar-refractivity contribution >= 4 is 24.1 Å². The van der Waals surface area contributed by atoms with Gasteiger partial charge in [0.1, 0.15) is 13.2 Å². The van der Waals surface area contributed by atoms with E-state index in [2.05, 4.69) is 58.3 Å². The fraction of sp³-hybridized carbons (Fsp3) is 0.935. The number of carbonyl (C=O) groups is 4. The molecule has 0 unspecified atom stereocenters. The quantitative estimate of drug-likeness (QED) is 0.0331. The Morgan fingerprint density at radius 3 is 1.05 bits per heavy atom. The molecule has 0 aliphatic carbocycles. The summed E-state index contributed by atoms with van der Waals surface area (Å²) in [5.41, 5.74) is 0. The van der Waals surface area contributed by atoms with E-state index in [0.717, 1.165) is 90.4 Å². The predicted molar refractivity (Wildman–Crippen MR) is 310 cm³/mol. The van der Waals surface area contributed by atoms with Crippen LogP contribution in [-0.2, 0) is 28.5 Å². The van der Waals surface area contributed by atoms with Crippen LogP contribution in [0.5, 0.6) is 0 Å². The average Bonchev–Trinajstić information content (AvgIpc) is 3.40. The lowest BCUT2D eigenvalue weighted by Gasteiger charge is -2.28. The summed E-state index contributed by atoms with van der Waals surface area (Å²) in [5.74, 6) is 0.176. The fourth-order valence-electron chi connectivity index (χ4n) is 9.57. The number of hydrogen-bond acceptors (Lipinski definition) is 10. The third-order valence-corrected chi connectivity index (χ3v) is 14.8. The Morgan fingerprint density at radius 2 is 0.649 bits per heavy atom. The normalized spacial score (nSPS) is 11.5. The van der Waals surface area contributed by atoms with Crippen molar-refractivity contribution in [3.8, 4) is 0 Å². The molecule has 0 spiro atoms. The number of hydrogen-bond donors (Lipinski definition) is 0. The maximum atomic E-state index is 13.7. The van der Waals surface area contributed by atoms with Crippen molar-refractivity contribution < 1.29 is 38.1 Å². The summed E-state index contributed by atoms with van der Waals surface area (Å²) in [4.78, 5) is 61.0. The minimum absolute atomic E-state index is 0.122. The summed E-state index contributed by atoms with van der Waals surface area (Å²) < 4.78 is 23.3. The molecule has 0 N–H and O–H groups in total. The smallest absolute Gasteiger partial charge is 0.409 e. The Bertz CT molecular complexity index is 1240. The van der Waals surface area contributed by atoms with Gasteiger partial charge in [-0.2, -0.15) is 0 Å². The van der Waals surface area contributed by atoms with Crippen molar-refractivity contribution in [1.82, 2.24) is 19.6 Å². The highest BCUT2D eigenvalue weighted by atomic mass is 16.6. The van der Waals surface area contributed by atoms with Crippen LogP contribution in [0, 0.1) is 5.92 Å². The van der Waals surface area contributed by atoms with E-state index in [4.69, 9.17) is 18.9 Å². The second kappa shape index (κ2) is 55.2. The summed E-state index contributed by atoms with van der Waals surface area (Å²) in [6.07, 6.45) is 38.4. The summed E-state index contributed by atoms with van der Waals surface area (Å²) >= 11 is 0. The molecule has 0 fully saturated rings. The van der Waals surface area contributed by atoms with E-state index < -0.39 is 0 Å². The van der Waals surface area contributed by atoms with E-state index >= 15 is 0 Å². The minimum Gasteiger partial charge on any atom is -0.466 e. The van der Waals surface area contributed by atoms with Crippen molar-refractivity contribution in [2.75, 3.05) is 91.9 Å². The van der Waals surface area contributed by atoms with E-state index in [0.29, 0.717) is 84.1 Å². The Kier molecular flexibility index (Phi) is 53.2. The van der Waals surface area contributed by atoms with Gasteiger partial charge in [0.05, 0.1) is 13.2 Å². The van der Waals surface area contributed by atoms with Crippen LogP contribution in [0.25, 0.3) is 0 Å². The molecule has 0 aromatic heterocycles. The molecule has 0 aliphatic rings. The van der Waals surface area contributed by atoms with Crippen LogP contribution in [0.2, 0.25) is 0 Å². The fourth-order valence-corrected chi connectivity index (χ4v) is 9.57. The molecule has 0 rings (SSSR count). The van der Waals surface area contributed by atoms with Crippen molar-refractivity contribution in [2.24, 2.45) is 5.92 Å². The van der Waals surface area contributed by atoms with Crippen LogP contribution in [0.3, 0.4) is 0 Å². The van der Waals surface area contributed by atoms with Crippen LogP contribution < -0.4 is 0 Å². The number of carbonyl (C=O) groups excluding carboxylic acids is 4. The molecule has 0 saturated heterocycles. The summed E-state index contributed by atoms with van der Waals surface area (Å²) in [6.45, 7) is 24.0. The van der Waals surface area contributed by atoms with Crippen LogP contribution in [0.4, 0.5) is 9.59 Å². The molecular weight excluding hydrogens is 929 g/mol. The second-order valence-electron chi connectivity index (χ2n) is 21.5. The Labute approximate surface area is 457 Å². The number of unbranched alkanes of at least 4 members (excludes halogenated alkanes) is 25. The lowest BCUT2D eigenvalue weighted by atomic mass is 9.95. The maximum absolute atomic E-state index is 13.7. The SMILES string of the molecule is CCCCCCCCCCN(CCCCC(=O)OCC(CCCCCC)CCCCCC)C(=O)OCCN(CCOC(=O)N(CCCCCCCC)CCCCC(=O)OCCCCCCCC)CCN(CC)CC. The number of amides is 2. The van der Waals surface area contributed by atoms with Crippen molar-refractivity contribution in [2.45, 2.75) is 280 Å². The van der Waals surface area contributed by atoms with Gasteiger partial charge in [-0.15, -0.1) is 0 Å². The first-order chi connectivity index (χ1) is 36.2. The number of nitrogens with zero attached hydrogens (tertiary/aromatic N) is 4. The highest BCUT2D eigenvalue weighted by molar-refractivity contribution is 5.70. The van der Waals surface area contributed by atoms with Gasteiger partial charge in [-0.25, -0.2) is 9.59 Å². The van der Waals surface area contributed by atoms with Crippen molar-refractivity contribution in [1.29, 1.82) is 0 Å². The van der Waals surface area contributed by atoms with Crippen LogP contribution in [0.1, 0.15) is 280 Å². The van der Waals surface area contributed by atoms with Crippen LogP contribution in [-0.4, -0.2) is 136 Å².